The van der Waals surface area contributed by atoms with Crippen LogP contribution in [0.4, 0.5) is 13.2 Å². The molecular weight excluding hydrogens is 307 g/mol. The Bertz CT molecular complexity index is 662. The number of benzene rings is 1. The van der Waals surface area contributed by atoms with E-state index in [0.717, 1.165) is 11.1 Å². The Hall–Kier alpha value is -2.02. The molecule has 2 aromatic rings. The van der Waals surface area contributed by atoms with Gasteiger partial charge < -0.3 is 4.90 Å². The number of hydrogen-bond donors (Lipinski definition) is 0. The van der Waals surface area contributed by atoms with Crippen LogP contribution in [0.3, 0.4) is 0 Å². The quantitative estimate of drug-likeness (QED) is 0.853. The minimum atomic E-state index is -4.71. The molecule has 0 atom stereocenters. The third-order valence-corrected chi connectivity index (χ3v) is 3.00. The molecular formula is C13H11ClF3N3O. The van der Waals surface area contributed by atoms with Crippen molar-refractivity contribution < 1.29 is 18.0 Å². The lowest BCUT2D eigenvalue weighted by Gasteiger charge is -2.14. The van der Waals surface area contributed by atoms with Crippen molar-refractivity contribution in [2.45, 2.75) is 6.18 Å². The van der Waals surface area contributed by atoms with E-state index in [4.69, 9.17) is 11.6 Å². The second-order valence-corrected chi connectivity index (χ2v) is 4.93. The van der Waals surface area contributed by atoms with Crippen LogP contribution in [0.1, 0.15) is 16.1 Å². The molecule has 1 aromatic heterocycles. The van der Waals surface area contributed by atoms with E-state index in [1.54, 1.807) is 0 Å². The van der Waals surface area contributed by atoms with Gasteiger partial charge in [0, 0.05) is 19.1 Å². The third-order valence-electron chi connectivity index (χ3n) is 2.75. The average Bonchev–Trinajstić information content (AvgIpc) is 2.83. The topological polar surface area (TPSA) is 38.1 Å². The lowest BCUT2D eigenvalue weighted by atomic mass is 10.2. The van der Waals surface area contributed by atoms with E-state index in [1.807, 2.05) is 0 Å². The van der Waals surface area contributed by atoms with Gasteiger partial charge in [-0.05, 0) is 24.3 Å². The first-order valence-electron chi connectivity index (χ1n) is 5.84. The molecule has 0 aliphatic carbocycles. The Labute approximate surface area is 123 Å². The van der Waals surface area contributed by atoms with E-state index in [9.17, 15) is 18.0 Å². The Balaban J connectivity index is 2.63. The number of carbonyl (C=O) groups is 1. The van der Waals surface area contributed by atoms with Crippen LogP contribution < -0.4 is 0 Å². The molecule has 0 aliphatic heterocycles. The summed E-state index contributed by atoms with van der Waals surface area (Å²) in [6, 6.07) is 5.70. The van der Waals surface area contributed by atoms with Gasteiger partial charge in [-0.25, -0.2) is 4.68 Å². The van der Waals surface area contributed by atoms with Gasteiger partial charge in [-0.2, -0.15) is 18.3 Å². The van der Waals surface area contributed by atoms with Crippen molar-refractivity contribution in [2.24, 2.45) is 0 Å². The summed E-state index contributed by atoms with van der Waals surface area (Å²) in [7, 11) is 2.75. The summed E-state index contributed by atoms with van der Waals surface area (Å²) in [5.41, 5.74) is -1.43. The van der Waals surface area contributed by atoms with E-state index >= 15 is 0 Å². The van der Waals surface area contributed by atoms with Crippen LogP contribution >= 0.6 is 11.6 Å². The molecule has 0 saturated heterocycles. The number of aromatic nitrogens is 2. The monoisotopic (exact) mass is 317 g/mol. The molecule has 0 radical (unpaired) electrons. The van der Waals surface area contributed by atoms with Gasteiger partial charge in [-0.3, -0.25) is 4.79 Å². The Morgan fingerprint density at radius 2 is 1.81 bits per heavy atom. The molecule has 112 valence electrons. The number of carbonyl (C=O) groups excluding carboxylic acids is 1. The van der Waals surface area contributed by atoms with Crippen LogP contribution in [0.5, 0.6) is 0 Å². The minimum absolute atomic E-state index is 0.171. The molecule has 8 heteroatoms. The summed E-state index contributed by atoms with van der Waals surface area (Å²) < 4.78 is 40.5. The first kappa shape index (κ1) is 15.4. The van der Waals surface area contributed by atoms with E-state index < -0.39 is 23.3 Å². The van der Waals surface area contributed by atoms with Crippen LogP contribution in [-0.4, -0.2) is 34.7 Å². The Morgan fingerprint density at radius 1 is 1.24 bits per heavy atom. The highest BCUT2D eigenvalue weighted by atomic mass is 35.5. The SMILES string of the molecule is CN(C)C(=O)c1cnn(-c2ccc(Cl)cc2)c1C(F)(F)F. The van der Waals surface area contributed by atoms with Crippen molar-refractivity contribution in [1.29, 1.82) is 0 Å². The minimum Gasteiger partial charge on any atom is -0.345 e. The second kappa shape index (κ2) is 5.40. The lowest BCUT2D eigenvalue weighted by Crippen LogP contribution is -2.25. The molecule has 0 saturated carbocycles. The highest BCUT2D eigenvalue weighted by molar-refractivity contribution is 6.30. The Morgan fingerprint density at radius 3 is 2.29 bits per heavy atom. The zero-order chi connectivity index (χ0) is 15.8. The first-order chi connectivity index (χ1) is 9.71. The fourth-order valence-corrected chi connectivity index (χ4v) is 1.92. The van der Waals surface area contributed by atoms with Gasteiger partial charge >= 0.3 is 6.18 Å². The molecule has 1 amide bonds. The summed E-state index contributed by atoms with van der Waals surface area (Å²) in [6.45, 7) is 0. The number of rotatable bonds is 2. The molecule has 0 spiro atoms. The van der Waals surface area contributed by atoms with Crippen LogP contribution in [0.25, 0.3) is 5.69 Å². The Kier molecular flexibility index (Phi) is 3.95. The van der Waals surface area contributed by atoms with Gasteiger partial charge in [-0.1, -0.05) is 11.6 Å². The number of halogens is 4. The summed E-state index contributed by atoms with van der Waals surface area (Å²) >= 11 is 5.71. The highest BCUT2D eigenvalue weighted by Gasteiger charge is 2.40. The first-order valence-corrected chi connectivity index (χ1v) is 6.22. The smallest absolute Gasteiger partial charge is 0.345 e. The van der Waals surface area contributed by atoms with Crippen molar-refractivity contribution in [3.8, 4) is 5.69 Å². The molecule has 4 nitrogen and oxygen atoms in total. The van der Waals surface area contributed by atoms with Crippen LogP contribution in [0.15, 0.2) is 30.5 Å². The number of alkyl halides is 3. The number of amides is 1. The molecule has 0 bridgehead atoms. The van der Waals surface area contributed by atoms with Gasteiger partial charge in [-0.15, -0.1) is 0 Å². The highest BCUT2D eigenvalue weighted by Crippen LogP contribution is 2.34. The summed E-state index contributed by atoms with van der Waals surface area (Å²) in [5, 5.41) is 4.08. The summed E-state index contributed by atoms with van der Waals surface area (Å²) in [5.74, 6) is -0.762. The van der Waals surface area contributed by atoms with Crippen LogP contribution in [0.2, 0.25) is 5.02 Å². The number of hydrogen-bond acceptors (Lipinski definition) is 2. The summed E-state index contributed by atoms with van der Waals surface area (Å²) in [4.78, 5) is 12.9. The zero-order valence-electron chi connectivity index (χ0n) is 11.1. The molecule has 1 aromatic carbocycles. The fraction of sp³-hybridized carbons (Fsp3) is 0.231. The third kappa shape index (κ3) is 3.02. The normalized spacial score (nSPS) is 11.5. The predicted octanol–water partition coefficient (Wildman–Crippen LogP) is 3.25. The van der Waals surface area contributed by atoms with E-state index in [0.29, 0.717) is 9.70 Å². The molecule has 2 rings (SSSR count). The van der Waals surface area contributed by atoms with Crippen LogP contribution in [0, 0.1) is 0 Å². The van der Waals surface area contributed by atoms with Gasteiger partial charge in [0.2, 0.25) is 0 Å². The maximum atomic E-state index is 13.3. The lowest BCUT2D eigenvalue weighted by molar-refractivity contribution is -0.143. The van der Waals surface area contributed by atoms with E-state index in [2.05, 4.69) is 5.10 Å². The fourth-order valence-electron chi connectivity index (χ4n) is 1.80. The molecule has 0 unspecified atom stereocenters. The van der Waals surface area contributed by atoms with Gasteiger partial charge in [0.25, 0.3) is 5.91 Å². The standard InChI is InChI=1S/C13H11ClF3N3O/c1-19(2)12(21)10-7-18-20(11(10)13(15,16)17)9-5-3-8(14)4-6-9/h3-7H,1-2H3. The molecule has 21 heavy (non-hydrogen) atoms. The van der Waals surface area contributed by atoms with Crippen molar-refractivity contribution in [3.63, 3.8) is 0 Å². The van der Waals surface area contributed by atoms with E-state index in [-0.39, 0.29) is 5.69 Å². The van der Waals surface area contributed by atoms with Gasteiger partial charge in [0.05, 0.1) is 17.4 Å². The van der Waals surface area contributed by atoms with Crippen LogP contribution in [-0.2, 0) is 6.18 Å². The summed E-state index contributed by atoms with van der Waals surface area (Å²) in [6.07, 6.45) is -3.79. The average molecular weight is 318 g/mol. The van der Waals surface area contributed by atoms with E-state index in [1.165, 1.54) is 38.4 Å². The molecule has 0 fully saturated rings. The van der Waals surface area contributed by atoms with Gasteiger partial charge in [0.1, 0.15) is 0 Å². The van der Waals surface area contributed by atoms with Crippen molar-refractivity contribution in [1.82, 2.24) is 14.7 Å². The largest absolute Gasteiger partial charge is 0.434 e. The van der Waals surface area contributed by atoms with Crippen molar-refractivity contribution in [3.05, 3.63) is 46.7 Å². The second-order valence-electron chi connectivity index (χ2n) is 4.49. The maximum absolute atomic E-state index is 13.3. The van der Waals surface area contributed by atoms with Crippen molar-refractivity contribution >= 4 is 17.5 Å². The number of nitrogens with zero attached hydrogens (tertiary/aromatic N) is 3. The molecule has 1 heterocycles. The zero-order valence-corrected chi connectivity index (χ0v) is 11.9. The van der Waals surface area contributed by atoms with Crippen molar-refractivity contribution in [2.75, 3.05) is 14.1 Å². The molecule has 0 aliphatic rings. The molecule has 0 N–H and O–H groups in total. The maximum Gasteiger partial charge on any atom is 0.434 e. The van der Waals surface area contributed by atoms with Gasteiger partial charge in [0.15, 0.2) is 5.69 Å². The predicted molar refractivity (Wildman–Crippen MR) is 71.6 cm³/mol.